The van der Waals surface area contributed by atoms with Crippen LogP contribution in [0.2, 0.25) is 0 Å². The molecule has 0 saturated carbocycles. The fourth-order valence-electron chi connectivity index (χ4n) is 2.52. The minimum atomic E-state index is 0.194. The van der Waals surface area contributed by atoms with Gasteiger partial charge in [-0.15, -0.1) is 11.3 Å². The van der Waals surface area contributed by atoms with E-state index >= 15 is 0 Å². The van der Waals surface area contributed by atoms with E-state index in [9.17, 15) is 5.11 Å². The van der Waals surface area contributed by atoms with Crippen LogP contribution in [-0.4, -0.2) is 15.1 Å². The first-order chi connectivity index (χ1) is 12.2. The van der Waals surface area contributed by atoms with Crippen LogP contribution in [0.1, 0.15) is 5.56 Å². The molecule has 2 aromatic carbocycles. The SMILES string of the molecule is N#Cc1ccc(-c2cc3ncnc(Nc4cccc(O)c4)c3s2)cc1. The first-order valence-electron chi connectivity index (χ1n) is 7.54. The second-order valence-electron chi connectivity index (χ2n) is 5.41. The van der Waals surface area contributed by atoms with E-state index in [-0.39, 0.29) is 5.75 Å². The van der Waals surface area contributed by atoms with Crippen molar-refractivity contribution in [3.8, 4) is 22.3 Å². The number of phenols is 1. The maximum atomic E-state index is 9.61. The number of fused-ring (bicyclic) bond motifs is 1. The summed E-state index contributed by atoms with van der Waals surface area (Å²) in [6.07, 6.45) is 1.52. The van der Waals surface area contributed by atoms with Gasteiger partial charge in [0, 0.05) is 16.6 Å². The Kier molecular flexibility index (Phi) is 3.77. The highest BCUT2D eigenvalue weighted by atomic mass is 32.1. The second kappa shape index (κ2) is 6.23. The van der Waals surface area contributed by atoms with E-state index in [0.29, 0.717) is 11.4 Å². The largest absolute Gasteiger partial charge is 0.508 e. The van der Waals surface area contributed by atoms with Gasteiger partial charge < -0.3 is 10.4 Å². The van der Waals surface area contributed by atoms with E-state index in [1.165, 1.54) is 6.33 Å². The fourth-order valence-corrected chi connectivity index (χ4v) is 3.58. The summed E-state index contributed by atoms with van der Waals surface area (Å²) < 4.78 is 0.935. The minimum Gasteiger partial charge on any atom is -0.508 e. The molecule has 0 radical (unpaired) electrons. The summed E-state index contributed by atoms with van der Waals surface area (Å²) in [7, 11) is 0. The zero-order chi connectivity index (χ0) is 17.2. The van der Waals surface area contributed by atoms with Gasteiger partial charge in [-0.1, -0.05) is 18.2 Å². The fraction of sp³-hybridized carbons (Fsp3) is 0. The van der Waals surface area contributed by atoms with Gasteiger partial charge in [0.1, 0.15) is 12.1 Å². The lowest BCUT2D eigenvalue weighted by Gasteiger charge is -2.06. The summed E-state index contributed by atoms with van der Waals surface area (Å²) in [6.45, 7) is 0. The number of aromatic hydroxyl groups is 1. The van der Waals surface area contributed by atoms with Crippen LogP contribution in [0.15, 0.2) is 60.9 Å². The molecule has 0 aliphatic heterocycles. The predicted molar refractivity (Wildman–Crippen MR) is 99.0 cm³/mol. The van der Waals surface area contributed by atoms with Crippen LogP contribution >= 0.6 is 11.3 Å². The molecule has 5 nitrogen and oxygen atoms in total. The van der Waals surface area contributed by atoms with E-state index in [1.807, 2.05) is 24.3 Å². The summed E-state index contributed by atoms with van der Waals surface area (Å²) in [5, 5.41) is 21.8. The molecule has 0 spiro atoms. The number of anilines is 2. The Morgan fingerprint density at radius 2 is 1.88 bits per heavy atom. The van der Waals surface area contributed by atoms with E-state index in [2.05, 4.69) is 21.4 Å². The molecule has 6 heteroatoms. The van der Waals surface area contributed by atoms with Gasteiger partial charge in [-0.2, -0.15) is 5.26 Å². The van der Waals surface area contributed by atoms with E-state index in [4.69, 9.17) is 5.26 Å². The van der Waals surface area contributed by atoms with Crippen LogP contribution in [-0.2, 0) is 0 Å². The highest BCUT2D eigenvalue weighted by molar-refractivity contribution is 7.22. The molecule has 0 atom stereocenters. The molecule has 4 rings (SSSR count). The third-order valence-electron chi connectivity index (χ3n) is 3.72. The van der Waals surface area contributed by atoms with Crippen LogP contribution in [0, 0.1) is 11.3 Å². The van der Waals surface area contributed by atoms with E-state index in [0.717, 1.165) is 26.3 Å². The summed E-state index contributed by atoms with van der Waals surface area (Å²) in [5.41, 5.74) is 3.27. The average Bonchev–Trinajstić information content (AvgIpc) is 3.07. The molecule has 0 saturated heterocycles. The van der Waals surface area contributed by atoms with Crippen LogP contribution in [0.3, 0.4) is 0 Å². The normalized spacial score (nSPS) is 10.5. The van der Waals surface area contributed by atoms with Gasteiger partial charge in [-0.05, 0) is 35.9 Å². The van der Waals surface area contributed by atoms with Gasteiger partial charge in [-0.25, -0.2) is 9.97 Å². The van der Waals surface area contributed by atoms with Crippen molar-refractivity contribution in [1.29, 1.82) is 5.26 Å². The lowest BCUT2D eigenvalue weighted by atomic mass is 10.1. The smallest absolute Gasteiger partial charge is 0.151 e. The first-order valence-corrected chi connectivity index (χ1v) is 8.36. The van der Waals surface area contributed by atoms with Crippen LogP contribution in [0.4, 0.5) is 11.5 Å². The highest BCUT2D eigenvalue weighted by Gasteiger charge is 2.11. The Bertz CT molecular complexity index is 1100. The van der Waals surface area contributed by atoms with Crippen molar-refractivity contribution in [2.45, 2.75) is 0 Å². The Hall–Kier alpha value is -3.43. The quantitative estimate of drug-likeness (QED) is 0.564. The molecule has 2 heterocycles. The third kappa shape index (κ3) is 3.01. The lowest BCUT2D eigenvalue weighted by Crippen LogP contribution is -1.93. The Balaban J connectivity index is 1.74. The van der Waals surface area contributed by atoms with Crippen molar-refractivity contribution in [3.05, 3.63) is 66.5 Å². The molecule has 120 valence electrons. The highest BCUT2D eigenvalue weighted by Crippen LogP contribution is 2.36. The first kappa shape index (κ1) is 15.1. The number of rotatable bonds is 3. The molecular formula is C19H12N4OS. The van der Waals surface area contributed by atoms with Gasteiger partial charge in [0.25, 0.3) is 0 Å². The molecular weight excluding hydrogens is 332 g/mol. The zero-order valence-electron chi connectivity index (χ0n) is 13.0. The molecule has 0 bridgehead atoms. The Morgan fingerprint density at radius 1 is 1.04 bits per heavy atom. The summed E-state index contributed by atoms with van der Waals surface area (Å²) in [5.74, 6) is 0.889. The topological polar surface area (TPSA) is 81.8 Å². The van der Waals surface area contributed by atoms with Gasteiger partial charge in [0.2, 0.25) is 0 Å². The molecule has 2 N–H and O–H groups in total. The molecule has 0 aliphatic carbocycles. The number of nitrogens with zero attached hydrogens (tertiary/aromatic N) is 3. The number of hydrogen-bond donors (Lipinski definition) is 2. The van der Waals surface area contributed by atoms with Crippen molar-refractivity contribution in [3.63, 3.8) is 0 Å². The standard InChI is InChI=1S/C19H12N4OS/c20-10-12-4-6-13(7-5-12)17-9-16-18(25-17)19(22-11-21-16)23-14-2-1-3-15(24)8-14/h1-9,11,24H,(H,21,22,23). The molecule has 25 heavy (non-hydrogen) atoms. The molecule has 0 amide bonds. The number of aromatic nitrogens is 2. The number of nitriles is 1. The van der Waals surface area contributed by atoms with Gasteiger partial charge in [0.05, 0.1) is 21.8 Å². The molecule has 2 aromatic heterocycles. The average molecular weight is 344 g/mol. The van der Waals surface area contributed by atoms with Crippen LogP contribution in [0.5, 0.6) is 5.75 Å². The number of thiophene rings is 1. The second-order valence-corrected chi connectivity index (χ2v) is 6.46. The molecule has 0 unspecified atom stereocenters. The van der Waals surface area contributed by atoms with Crippen molar-refractivity contribution in [2.75, 3.05) is 5.32 Å². The van der Waals surface area contributed by atoms with Gasteiger partial charge in [-0.3, -0.25) is 0 Å². The van der Waals surface area contributed by atoms with Crippen LogP contribution < -0.4 is 5.32 Å². The summed E-state index contributed by atoms with van der Waals surface area (Å²) in [4.78, 5) is 9.72. The van der Waals surface area contributed by atoms with E-state index < -0.39 is 0 Å². The lowest BCUT2D eigenvalue weighted by molar-refractivity contribution is 0.475. The van der Waals surface area contributed by atoms with Gasteiger partial charge in [0.15, 0.2) is 5.82 Å². The zero-order valence-corrected chi connectivity index (χ0v) is 13.8. The van der Waals surface area contributed by atoms with E-state index in [1.54, 1.807) is 41.7 Å². The summed E-state index contributed by atoms with van der Waals surface area (Å²) >= 11 is 1.58. The number of benzene rings is 2. The molecule has 0 fully saturated rings. The van der Waals surface area contributed by atoms with Crippen molar-refractivity contribution in [2.24, 2.45) is 0 Å². The van der Waals surface area contributed by atoms with Crippen molar-refractivity contribution < 1.29 is 5.11 Å². The number of hydrogen-bond acceptors (Lipinski definition) is 6. The minimum absolute atomic E-state index is 0.194. The predicted octanol–water partition coefficient (Wildman–Crippen LogP) is 4.68. The summed E-state index contributed by atoms with van der Waals surface area (Å²) in [6, 6.07) is 18.5. The molecule has 4 aromatic rings. The number of nitrogens with one attached hydrogen (secondary N) is 1. The van der Waals surface area contributed by atoms with Crippen molar-refractivity contribution in [1.82, 2.24) is 9.97 Å². The number of phenolic OH excluding ortho intramolecular Hbond substituents is 1. The molecule has 0 aliphatic rings. The Labute approximate surface area is 147 Å². The van der Waals surface area contributed by atoms with Crippen LogP contribution in [0.25, 0.3) is 20.7 Å². The third-order valence-corrected chi connectivity index (χ3v) is 4.90. The maximum Gasteiger partial charge on any atom is 0.151 e. The van der Waals surface area contributed by atoms with Gasteiger partial charge >= 0.3 is 0 Å². The monoisotopic (exact) mass is 344 g/mol. The van der Waals surface area contributed by atoms with Crippen molar-refractivity contribution >= 4 is 33.1 Å². The Morgan fingerprint density at radius 3 is 2.64 bits per heavy atom. The maximum absolute atomic E-state index is 9.61.